The van der Waals surface area contributed by atoms with Gasteiger partial charge in [-0.1, -0.05) is 30.3 Å². The number of rotatable bonds is 6. The molecule has 3 rings (SSSR count). The first-order valence-corrected chi connectivity index (χ1v) is 10.00. The van der Waals surface area contributed by atoms with Crippen LogP contribution in [0.25, 0.3) is 0 Å². The highest BCUT2D eigenvalue weighted by Gasteiger charge is 2.20. The lowest BCUT2D eigenvalue weighted by Gasteiger charge is -2.33. The average molecular weight is 381 g/mol. The highest BCUT2D eigenvalue weighted by molar-refractivity contribution is 5.80. The lowest BCUT2D eigenvalue weighted by atomic mass is 10.0. The molecule has 0 unspecified atom stereocenters. The van der Waals surface area contributed by atoms with Crippen LogP contribution in [-0.2, 0) is 13.1 Å². The molecule has 150 valence electrons. The highest BCUT2D eigenvalue weighted by Crippen LogP contribution is 2.14. The van der Waals surface area contributed by atoms with Crippen LogP contribution >= 0.6 is 0 Å². The summed E-state index contributed by atoms with van der Waals surface area (Å²) in [5.74, 6) is 1.83. The van der Waals surface area contributed by atoms with Crippen LogP contribution in [0, 0.1) is 0 Å². The molecule has 0 radical (unpaired) electrons. The van der Waals surface area contributed by atoms with E-state index in [1.54, 1.807) is 0 Å². The first-order valence-electron chi connectivity index (χ1n) is 10.00. The van der Waals surface area contributed by atoms with Gasteiger partial charge >= 0.3 is 0 Å². The monoisotopic (exact) mass is 380 g/mol. The van der Waals surface area contributed by atoms with Gasteiger partial charge in [0, 0.05) is 59.6 Å². The lowest BCUT2D eigenvalue weighted by Crippen LogP contribution is -2.48. The Morgan fingerprint density at radius 1 is 1.14 bits per heavy atom. The molecular formula is C22H32N6. The van der Waals surface area contributed by atoms with Crippen molar-refractivity contribution in [3.8, 4) is 0 Å². The second kappa shape index (κ2) is 10.1. The van der Waals surface area contributed by atoms with Gasteiger partial charge < -0.3 is 15.5 Å². The number of hydrogen-bond donors (Lipinski definition) is 2. The van der Waals surface area contributed by atoms with Gasteiger partial charge in [-0.2, -0.15) is 0 Å². The summed E-state index contributed by atoms with van der Waals surface area (Å²) >= 11 is 0. The van der Waals surface area contributed by atoms with Gasteiger partial charge in [0.05, 0.1) is 0 Å². The van der Waals surface area contributed by atoms with Gasteiger partial charge in [0.1, 0.15) is 5.82 Å². The molecule has 0 atom stereocenters. The minimum absolute atomic E-state index is 0.466. The number of hydrogen-bond acceptors (Lipinski definition) is 4. The quantitative estimate of drug-likeness (QED) is 0.596. The van der Waals surface area contributed by atoms with Crippen molar-refractivity contribution in [2.75, 3.05) is 39.1 Å². The maximum Gasteiger partial charge on any atom is 0.191 e. The summed E-state index contributed by atoms with van der Waals surface area (Å²) in [7, 11) is 5.84. The van der Waals surface area contributed by atoms with Gasteiger partial charge in [0.15, 0.2) is 5.96 Å². The molecule has 0 amide bonds. The molecule has 1 fully saturated rings. The zero-order valence-electron chi connectivity index (χ0n) is 17.2. The van der Waals surface area contributed by atoms with Gasteiger partial charge in [-0.25, -0.2) is 4.98 Å². The Kier molecular flexibility index (Phi) is 7.25. The van der Waals surface area contributed by atoms with Crippen molar-refractivity contribution in [2.24, 2.45) is 4.99 Å². The molecule has 1 saturated heterocycles. The van der Waals surface area contributed by atoms with E-state index in [1.165, 1.54) is 11.1 Å². The van der Waals surface area contributed by atoms with Gasteiger partial charge in [-0.05, 0) is 36.1 Å². The van der Waals surface area contributed by atoms with E-state index in [0.29, 0.717) is 6.04 Å². The van der Waals surface area contributed by atoms with Crippen LogP contribution in [0.15, 0.2) is 53.7 Å². The van der Waals surface area contributed by atoms with Crippen molar-refractivity contribution >= 4 is 11.8 Å². The Hall–Kier alpha value is -2.60. The molecule has 1 aliphatic heterocycles. The van der Waals surface area contributed by atoms with Crippen molar-refractivity contribution in [1.82, 2.24) is 20.5 Å². The zero-order chi connectivity index (χ0) is 19.8. The smallest absolute Gasteiger partial charge is 0.191 e. The summed E-state index contributed by atoms with van der Waals surface area (Å²) in [4.78, 5) is 13.3. The third kappa shape index (κ3) is 5.96. The third-order valence-electron chi connectivity index (χ3n) is 5.13. The molecule has 2 heterocycles. The second-order valence-corrected chi connectivity index (χ2v) is 7.52. The molecule has 1 aromatic carbocycles. The Bertz CT molecular complexity index is 751. The van der Waals surface area contributed by atoms with Crippen LogP contribution in [0.5, 0.6) is 0 Å². The highest BCUT2D eigenvalue weighted by atomic mass is 15.2. The second-order valence-electron chi connectivity index (χ2n) is 7.52. The van der Waals surface area contributed by atoms with Crippen molar-refractivity contribution < 1.29 is 0 Å². The van der Waals surface area contributed by atoms with Crippen molar-refractivity contribution in [2.45, 2.75) is 32.0 Å². The maximum atomic E-state index is 4.40. The van der Waals surface area contributed by atoms with Crippen LogP contribution in [0.3, 0.4) is 0 Å². The predicted molar refractivity (Wildman–Crippen MR) is 117 cm³/mol. The first kappa shape index (κ1) is 20.1. The average Bonchev–Trinajstić information content (AvgIpc) is 2.73. The van der Waals surface area contributed by atoms with E-state index in [2.05, 4.69) is 61.9 Å². The minimum atomic E-state index is 0.466. The normalized spacial score (nSPS) is 16.0. The van der Waals surface area contributed by atoms with Crippen molar-refractivity contribution in [3.05, 3.63) is 59.8 Å². The van der Waals surface area contributed by atoms with Gasteiger partial charge in [0.25, 0.3) is 0 Å². The predicted octanol–water partition coefficient (Wildman–Crippen LogP) is 2.48. The number of aliphatic imine (C=N–C) groups is 1. The van der Waals surface area contributed by atoms with E-state index in [4.69, 9.17) is 0 Å². The Morgan fingerprint density at radius 2 is 1.89 bits per heavy atom. The molecule has 0 spiro atoms. The molecule has 0 saturated carbocycles. The number of benzene rings is 1. The number of anilines is 1. The van der Waals surface area contributed by atoms with Crippen molar-refractivity contribution in [1.29, 1.82) is 0 Å². The van der Waals surface area contributed by atoms with Gasteiger partial charge in [-0.15, -0.1) is 0 Å². The number of nitrogens with one attached hydrogen (secondary N) is 2. The van der Waals surface area contributed by atoms with E-state index >= 15 is 0 Å². The Balaban J connectivity index is 1.44. The van der Waals surface area contributed by atoms with Crippen LogP contribution in [0.1, 0.15) is 24.0 Å². The van der Waals surface area contributed by atoms with Gasteiger partial charge in [-0.3, -0.25) is 9.89 Å². The molecule has 2 aromatic rings. The van der Waals surface area contributed by atoms with E-state index in [-0.39, 0.29) is 0 Å². The summed E-state index contributed by atoms with van der Waals surface area (Å²) < 4.78 is 0. The molecule has 6 heteroatoms. The molecule has 0 bridgehead atoms. The largest absolute Gasteiger partial charge is 0.363 e. The van der Waals surface area contributed by atoms with Crippen LogP contribution in [0.2, 0.25) is 0 Å². The molecule has 1 aromatic heterocycles. The number of likely N-dealkylation sites (tertiary alicyclic amines) is 1. The number of nitrogens with zero attached hydrogens (tertiary/aromatic N) is 4. The Morgan fingerprint density at radius 3 is 2.57 bits per heavy atom. The standard InChI is InChI=1S/C22H32N6/c1-23-22(25-16-19-9-12-24-21(15-19)27(2)3)26-20-10-13-28(14-11-20)17-18-7-5-4-6-8-18/h4-9,12,15,20H,10-11,13-14,16-17H2,1-3H3,(H2,23,25,26). The van der Waals surface area contributed by atoms with E-state index in [9.17, 15) is 0 Å². The zero-order valence-corrected chi connectivity index (χ0v) is 17.2. The molecule has 28 heavy (non-hydrogen) atoms. The summed E-state index contributed by atoms with van der Waals surface area (Å²) in [5, 5.41) is 7.01. The summed E-state index contributed by atoms with van der Waals surface area (Å²) in [6.07, 6.45) is 4.12. The van der Waals surface area contributed by atoms with Crippen molar-refractivity contribution in [3.63, 3.8) is 0 Å². The van der Waals surface area contributed by atoms with E-state index in [0.717, 1.165) is 50.8 Å². The molecular weight excluding hydrogens is 348 g/mol. The van der Waals surface area contributed by atoms with Crippen LogP contribution in [0.4, 0.5) is 5.82 Å². The number of guanidine groups is 1. The minimum Gasteiger partial charge on any atom is -0.363 e. The fraction of sp³-hybridized carbons (Fsp3) is 0.455. The number of piperidine rings is 1. The molecule has 6 nitrogen and oxygen atoms in total. The maximum absolute atomic E-state index is 4.40. The van der Waals surface area contributed by atoms with Crippen LogP contribution in [-0.4, -0.2) is 56.1 Å². The number of pyridine rings is 1. The molecule has 2 N–H and O–H groups in total. The van der Waals surface area contributed by atoms with E-state index < -0.39 is 0 Å². The molecule has 1 aliphatic rings. The summed E-state index contributed by atoms with van der Waals surface area (Å²) in [6, 6.07) is 15.3. The number of aromatic nitrogens is 1. The van der Waals surface area contributed by atoms with Crippen LogP contribution < -0.4 is 15.5 Å². The Labute approximate surface area is 168 Å². The summed E-state index contributed by atoms with van der Waals surface area (Å²) in [6.45, 7) is 3.99. The molecule has 0 aliphatic carbocycles. The third-order valence-corrected chi connectivity index (χ3v) is 5.13. The topological polar surface area (TPSA) is 55.8 Å². The van der Waals surface area contributed by atoms with Gasteiger partial charge in [0.2, 0.25) is 0 Å². The summed E-state index contributed by atoms with van der Waals surface area (Å²) in [5.41, 5.74) is 2.58. The fourth-order valence-corrected chi connectivity index (χ4v) is 3.47. The van der Waals surface area contributed by atoms with E-state index in [1.807, 2.05) is 38.3 Å². The lowest BCUT2D eigenvalue weighted by molar-refractivity contribution is 0.198. The SMILES string of the molecule is CN=C(NCc1ccnc(N(C)C)c1)NC1CCN(Cc2ccccc2)CC1. The first-order chi connectivity index (χ1) is 13.6. The fourth-order valence-electron chi connectivity index (χ4n) is 3.47.